The average Bonchev–Trinajstić information content (AvgIpc) is 2.45. The van der Waals surface area contributed by atoms with Crippen molar-refractivity contribution in [2.75, 3.05) is 7.11 Å². The lowest BCUT2D eigenvalue weighted by Gasteiger charge is -2.36. The second kappa shape index (κ2) is 7.35. The zero-order valence-corrected chi connectivity index (χ0v) is 12.7. The minimum atomic E-state index is -6.00. The number of hydrogen-bond donors (Lipinski definition) is 0. The Balaban J connectivity index is 0.000000309. The molecule has 1 aromatic rings. The highest BCUT2D eigenvalue weighted by Gasteiger charge is 2.43. The van der Waals surface area contributed by atoms with Gasteiger partial charge in [-0.3, -0.25) is 0 Å². The first-order valence-corrected chi connectivity index (χ1v) is 7.68. The molecule has 1 radical (unpaired) electrons. The predicted octanol–water partition coefficient (Wildman–Crippen LogP) is 4.87. The maximum absolute atomic E-state index is 9.75. The van der Waals surface area contributed by atoms with Crippen molar-refractivity contribution in [2.24, 2.45) is 0 Å². The highest BCUT2D eigenvalue weighted by Crippen LogP contribution is 2.37. The van der Waals surface area contributed by atoms with Crippen LogP contribution < -0.4 is 9.64 Å². The van der Waals surface area contributed by atoms with Gasteiger partial charge in [0.15, 0.2) is 5.69 Å². The first-order chi connectivity index (χ1) is 10.4. The molecule has 0 spiro atoms. The van der Waals surface area contributed by atoms with Gasteiger partial charge in [-0.05, 0) is 25.0 Å². The molecule has 0 amide bonds. The lowest BCUT2D eigenvalue weighted by atomic mass is 9.84. The molecule has 0 saturated carbocycles. The first kappa shape index (κ1) is 17.1. The lowest BCUT2D eigenvalue weighted by Crippen LogP contribution is -2.50. The van der Waals surface area contributed by atoms with E-state index >= 15 is 0 Å². The van der Waals surface area contributed by atoms with E-state index in [9.17, 15) is 17.3 Å². The number of nitrogens with zero attached hydrogens (tertiary/aromatic N) is 1. The van der Waals surface area contributed by atoms with Crippen LogP contribution in [0, 0.1) is 0 Å². The standard InChI is InChI=1S/C15H21NO.BF4/c1-17-15-10-8-14(9-11-15)16-12-4-2-5-13(16)7-3-6-12;2-1(3,4)5/h8-13H,2-7H2,1H3;/q+1;-1. The second-order valence-corrected chi connectivity index (χ2v) is 5.77. The van der Waals surface area contributed by atoms with Gasteiger partial charge in [-0.25, -0.2) is 0 Å². The Labute approximate surface area is 128 Å². The van der Waals surface area contributed by atoms with E-state index in [1.54, 1.807) is 7.11 Å². The van der Waals surface area contributed by atoms with E-state index in [1.807, 2.05) is 0 Å². The molecular weight excluding hydrogens is 297 g/mol. The molecule has 1 aromatic carbocycles. The molecule has 123 valence electrons. The molecule has 2 fully saturated rings. The van der Waals surface area contributed by atoms with Crippen molar-refractivity contribution in [3.63, 3.8) is 0 Å². The quantitative estimate of drug-likeness (QED) is 0.431. The first-order valence-electron chi connectivity index (χ1n) is 7.68. The highest BCUT2D eigenvalue weighted by molar-refractivity contribution is 6.50. The van der Waals surface area contributed by atoms with Crippen molar-refractivity contribution in [3.8, 4) is 5.75 Å². The van der Waals surface area contributed by atoms with Crippen molar-refractivity contribution in [1.82, 2.24) is 4.90 Å². The third-order valence-electron chi connectivity index (χ3n) is 4.31. The molecule has 2 aliphatic heterocycles. The molecule has 2 saturated heterocycles. The lowest BCUT2D eigenvalue weighted by molar-refractivity contribution is 0.175. The molecule has 0 atom stereocenters. The summed E-state index contributed by atoms with van der Waals surface area (Å²) < 4.78 is 44.2. The second-order valence-electron chi connectivity index (χ2n) is 5.77. The maximum Gasteiger partial charge on any atom is 0.673 e. The van der Waals surface area contributed by atoms with Crippen molar-refractivity contribution >= 4 is 12.9 Å². The Morgan fingerprint density at radius 3 is 1.68 bits per heavy atom. The average molecular weight is 318 g/mol. The predicted molar refractivity (Wildman–Crippen MR) is 80.3 cm³/mol. The molecule has 7 heteroatoms. The van der Waals surface area contributed by atoms with Crippen LogP contribution in [0.15, 0.2) is 24.3 Å². The fraction of sp³-hybridized carbons (Fsp3) is 0.600. The summed E-state index contributed by atoms with van der Waals surface area (Å²) in [5.74, 6) is 0.955. The highest BCUT2D eigenvalue weighted by atomic mass is 19.5. The molecule has 0 aliphatic carbocycles. The molecule has 2 nitrogen and oxygen atoms in total. The van der Waals surface area contributed by atoms with E-state index in [0.717, 1.165) is 17.8 Å². The maximum atomic E-state index is 9.75. The molecule has 2 bridgehead atoms. The van der Waals surface area contributed by atoms with Gasteiger partial charge in [-0.2, -0.15) is 0 Å². The van der Waals surface area contributed by atoms with Crippen molar-refractivity contribution in [2.45, 2.75) is 50.6 Å². The number of anilines is 1. The van der Waals surface area contributed by atoms with Gasteiger partial charge < -0.3 is 22.0 Å². The SMILES string of the molecule is COc1ccc([N+]2C3CCCC2CCC3)cc1.F[B-](F)(F)F. The van der Waals surface area contributed by atoms with Crippen LogP contribution in [0.25, 0.3) is 0 Å². The summed E-state index contributed by atoms with van der Waals surface area (Å²) in [5.41, 5.74) is 1.39. The van der Waals surface area contributed by atoms with E-state index in [1.165, 1.54) is 44.2 Å². The van der Waals surface area contributed by atoms with E-state index < -0.39 is 7.25 Å². The van der Waals surface area contributed by atoms with Crippen LogP contribution in [0.5, 0.6) is 5.75 Å². The van der Waals surface area contributed by atoms with Crippen LogP contribution in [0.2, 0.25) is 0 Å². The number of hydrogen-bond acceptors (Lipinski definition) is 2. The number of halogens is 4. The molecule has 0 unspecified atom stereocenters. The third-order valence-corrected chi connectivity index (χ3v) is 4.31. The Bertz CT molecular complexity index is 438. The molecule has 0 N–H and O–H groups in total. The summed E-state index contributed by atoms with van der Waals surface area (Å²) in [6.45, 7) is 0. The number of benzene rings is 1. The Kier molecular flexibility index (Phi) is 5.72. The van der Waals surface area contributed by atoms with Gasteiger partial charge in [0.25, 0.3) is 0 Å². The van der Waals surface area contributed by atoms with Gasteiger partial charge in [0, 0.05) is 37.8 Å². The number of ether oxygens (including phenoxy) is 1. The van der Waals surface area contributed by atoms with Crippen LogP contribution in [-0.2, 0) is 0 Å². The fourth-order valence-electron chi connectivity index (χ4n) is 3.50. The molecular formula is C15H21BF4NO. The largest absolute Gasteiger partial charge is 0.673 e. The zero-order valence-electron chi connectivity index (χ0n) is 12.7. The summed E-state index contributed by atoms with van der Waals surface area (Å²) >= 11 is 0. The normalized spacial score (nSPS) is 25.1. The van der Waals surface area contributed by atoms with Gasteiger partial charge in [0.05, 0.1) is 7.11 Å². The van der Waals surface area contributed by atoms with E-state index in [-0.39, 0.29) is 0 Å². The Morgan fingerprint density at radius 2 is 1.32 bits per heavy atom. The molecule has 22 heavy (non-hydrogen) atoms. The summed E-state index contributed by atoms with van der Waals surface area (Å²) in [6, 6.07) is 10.2. The van der Waals surface area contributed by atoms with Crippen LogP contribution in [-0.4, -0.2) is 26.4 Å². The van der Waals surface area contributed by atoms with Gasteiger partial charge in [0.1, 0.15) is 17.8 Å². The minimum absolute atomic E-state index is 0.788. The Morgan fingerprint density at radius 1 is 0.909 bits per heavy atom. The molecule has 2 heterocycles. The smallest absolute Gasteiger partial charge is 0.497 e. The topological polar surface area (TPSA) is 15.1 Å². The van der Waals surface area contributed by atoms with Crippen molar-refractivity contribution in [3.05, 3.63) is 24.3 Å². The number of rotatable bonds is 2. The zero-order chi connectivity index (χ0) is 16.2. The van der Waals surface area contributed by atoms with Gasteiger partial charge in [0.2, 0.25) is 0 Å². The van der Waals surface area contributed by atoms with Crippen molar-refractivity contribution in [1.29, 1.82) is 0 Å². The van der Waals surface area contributed by atoms with E-state index in [4.69, 9.17) is 4.74 Å². The molecule has 0 aromatic heterocycles. The van der Waals surface area contributed by atoms with E-state index in [0.29, 0.717) is 0 Å². The van der Waals surface area contributed by atoms with Gasteiger partial charge >= 0.3 is 7.25 Å². The summed E-state index contributed by atoms with van der Waals surface area (Å²) in [5, 5.41) is 0. The third kappa shape index (κ3) is 4.90. The summed E-state index contributed by atoms with van der Waals surface area (Å²) in [7, 11) is -4.27. The van der Waals surface area contributed by atoms with Crippen LogP contribution in [0.4, 0.5) is 23.0 Å². The van der Waals surface area contributed by atoms with Gasteiger partial charge in [-0.15, -0.1) is 4.90 Å². The van der Waals surface area contributed by atoms with Gasteiger partial charge in [-0.1, -0.05) is 0 Å². The number of fused-ring (bicyclic) bond motifs is 2. The Hall–Kier alpha value is -1.24. The summed E-state index contributed by atoms with van der Waals surface area (Å²) in [4.78, 5) is 2.67. The van der Waals surface area contributed by atoms with Crippen LogP contribution in [0.1, 0.15) is 38.5 Å². The number of methoxy groups -OCH3 is 1. The monoisotopic (exact) mass is 318 g/mol. The minimum Gasteiger partial charge on any atom is -0.497 e. The van der Waals surface area contributed by atoms with Crippen LogP contribution in [0.3, 0.4) is 0 Å². The molecule has 2 aliphatic rings. The number of piperidine rings is 2. The fourth-order valence-corrected chi connectivity index (χ4v) is 3.50. The molecule has 3 rings (SSSR count). The van der Waals surface area contributed by atoms with Crippen LogP contribution >= 0.6 is 0 Å². The van der Waals surface area contributed by atoms with Crippen molar-refractivity contribution < 1.29 is 22.0 Å². The summed E-state index contributed by atoms with van der Waals surface area (Å²) in [6.07, 6.45) is 8.35. The van der Waals surface area contributed by atoms with E-state index in [2.05, 4.69) is 29.2 Å².